The molecule has 136 valence electrons. The first kappa shape index (κ1) is 18.4. The van der Waals surface area contributed by atoms with Gasteiger partial charge in [0, 0.05) is 5.56 Å². The van der Waals surface area contributed by atoms with E-state index in [-0.39, 0.29) is 12.5 Å². The van der Waals surface area contributed by atoms with Crippen LogP contribution >= 0.6 is 0 Å². The molecule has 0 aromatic heterocycles. The quantitative estimate of drug-likeness (QED) is 0.671. The van der Waals surface area contributed by atoms with Gasteiger partial charge >= 0.3 is 5.97 Å². The fraction of sp³-hybridized carbons (Fsp3) is 0.130. The smallest absolute Gasteiger partial charge is 0.328 e. The third-order valence-electron chi connectivity index (χ3n) is 4.16. The summed E-state index contributed by atoms with van der Waals surface area (Å²) in [5, 5.41) is 2.70. The molecule has 1 N–H and O–H groups in total. The van der Waals surface area contributed by atoms with Gasteiger partial charge in [-0.1, -0.05) is 72.8 Å². The molecule has 0 bridgehead atoms. The van der Waals surface area contributed by atoms with Crippen LogP contribution in [0.2, 0.25) is 0 Å². The van der Waals surface area contributed by atoms with Crippen LogP contribution in [0.1, 0.15) is 22.8 Å². The van der Waals surface area contributed by atoms with Crippen molar-refractivity contribution in [3.05, 3.63) is 96.1 Å². The Labute approximate surface area is 158 Å². The first-order valence-electron chi connectivity index (χ1n) is 8.80. The molecule has 3 aromatic carbocycles. The van der Waals surface area contributed by atoms with E-state index in [1.807, 2.05) is 78.9 Å². The molecule has 0 fully saturated rings. The summed E-state index contributed by atoms with van der Waals surface area (Å²) in [6, 6.07) is 25.8. The monoisotopic (exact) mass is 359 g/mol. The summed E-state index contributed by atoms with van der Waals surface area (Å²) in [6.45, 7) is 1.80. The lowest BCUT2D eigenvalue weighted by molar-refractivity contribution is -0.146. The number of nitrogens with one attached hydrogen (secondary N) is 1. The molecule has 3 rings (SSSR count). The van der Waals surface area contributed by atoms with Crippen molar-refractivity contribution in [3.63, 3.8) is 0 Å². The van der Waals surface area contributed by atoms with E-state index in [1.165, 1.54) is 0 Å². The highest BCUT2D eigenvalue weighted by atomic mass is 16.5. The van der Waals surface area contributed by atoms with Crippen LogP contribution in [0.25, 0.3) is 11.1 Å². The van der Waals surface area contributed by atoms with Crippen LogP contribution in [0, 0.1) is 0 Å². The van der Waals surface area contributed by atoms with Crippen molar-refractivity contribution >= 4 is 11.9 Å². The molecule has 0 aliphatic heterocycles. The zero-order chi connectivity index (χ0) is 19.1. The number of esters is 1. The third-order valence-corrected chi connectivity index (χ3v) is 4.16. The lowest BCUT2D eigenvalue weighted by atomic mass is 10.0. The van der Waals surface area contributed by atoms with E-state index in [4.69, 9.17) is 4.74 Å². The van der Waals surface area contributed by atoms with E-state index < -0.39 is 12.0 Å². The van der Waals surface area contributed by atoms with Crippen LogP contribution in [0.4, 0.5) is 0 Å². The highest BCUT2D eigenvalue weighted by Gasteiger charge is 2.18. The molecule has 0 radical (unpaired) electrons. The maximum Gasteiger partial charge on any atom is 0.328 e. The number of carbonyl (C=O) groups is 2. The number of rotatable bonds is 6. The van der Waals surface area contributed by atoms with Crippen molar-refractivity contribution in [1.82, 2.24) is 5.32 Å². The Morgan fingerprint density at radius 2 is 1.48 bits per heavy atom. The van der Waals surface area contributed by atoms with E-state index in [2.05, 4.69) is 5.32 Å². The number of hydrogen-bond acceptors (Lipinski definition) is 3. The Kier molecular flexibility index (Phi) is 6.00. The van der Waals surface area contributed by atoms with E-state index in [1.54, 1.807) is 13.0 Å². The predicted octanol–water partition coefficient (Wildman–Crippen LogP) is 4.22. The molecule has 0 saturated heterocycles. The first-order chi connectivity index (χ1) is 13.1. The van der Waals surface area contributed by atoms with Gasteiger partial charge < -0.3 is 10.1 Å². The van der Waals surface area contributed by atoms with Gasteiger partial charge in [-0.25, -0.2) is 4.79 Å². The lowest BCUT2D eigenvalue weighted by Crippen LogP contribution is -2.39. The Morgan fingerprint density at radius 1 is 0.852 bits per heavy atom. The van der Waals surface area contributed by atoms with Crippen molar-refractivity contribution in [2.45, 2.75) is 19.6 Å². The maximum atomic E-state index is 12.5. The largest absolute Gasteiger partial charge is 0.459 e. The molecule has 27 heavy (non-hydrogen) atoms. The SMILES string of the molecule is C[C@H](NC(=O)c1cccc(-c2ccccc2)c1)C(=O)OCc1ccccc1. The molecule has 0 saturated carbocycles. The summed E-state index contributed by atoms with van der Waals surface area (Å²) in [5.41, 5.74) is 3.38. The summed E-state index contributed by atoms with van der Waals surface area (Å²) >= 11 is 0. The number of hydrogen-bond donors (Lipinski definition) is 1. The number of carbonyl (C=O) groups excluding carboxylic acids is 2. The summed E-state index contributed by atoms with van der Waals surface area (Å²) in [5.74, 6) is -0.775. The Bertz CT molecular complexity index is 907. The first-order valence-corrected chi connectivity index (χ1v) is 8.80. The van der Waals surface area contributed by atoms with Crippen molar-refractivity contribution in [3.8, 4) is 11.1 Å². The minimum atomic E-state index is -0.735. The second-order valence-corrected chi connectivity index (χ2v) is 6.24. The molecule has 4 heteroatoms. The van der Waals surface area contributed by atoms with Gasteiger partial charge in [0.05, 0.1) is 0 Å². The number of amides is 1. The minimum Gasteiger partial charge on any atom is -0.459 e. The van der Waals surface area contributed by atoms with Crippen molar-refractivity contribution < 1.29 is 14.3 Å². The molecular weight excluding hydrogens is 338 g/mol. The van der Waals surface area contributed by atoms with Crippen LogP contribution in [0.15, 0.2) is 84.9 Å². The van der Waals surface area contributed by atoms with E-state index in [0.29, 0.717) is 5.56 Å². The van der Waals surface area contributed by atoms with Gasteiger partial charge in [0.1, 0.15) is 12.6 Å². The standard InChI is InChI=1S/C23H21NO3/c1-17(23(26)27-16-18-9-4-2-5-10-18)24-22(25)21-14-8-13-20(15-21)19-11-6-3-7-12-19/h2-15,17H,16H2,1H3,(H,24,25)/t17-/m0/s1. The molecule has 1 atom stereocenters. The van der Waals surface area contributed by atoms with Gasteiger partial charge in [-0.2, -0.15) is 0 Å². The van der Waals surface area contributed by atoms with Crippen LogP contribution in [-0.2, 0) is 16.1 Å². The average Bonchev–Trinajstić information content (AvgIpc) is 2.73. The number of benzene rings is 3. The average molecular weight is 359 g/mol. The predicted molar refractivity (Wildman–Crippen MR) is 105 cm³/mol. The minimum absolute atomic E-state index is 0.184. The van der Waals surface area contributed by atoms with Crippen LogP contribution in [0.5, 0.6) is 0 Å². The van der Waals surface area contributed by atoms with Gasteiger partial charge in [-0.3, -0.25) is 4.79 Å². The van der Waals surface area contributed by atoms with Gasteiger partial charge in [-0.05, 0) is 35.7 Å². The molecule has 0 heterocycles. The molecule has 0 aliphatic rings. The van der Waals surface area contributed by atoms with Crippen LogP contribution < -0.4 is 5.32 Å². The Balaban J connectivity index is 1.60. The summed E-state index contributed by atoms with van der Waals surface area (Å²) in [7, 11) is 0. The second-order valence-electron chi connectivity index (χ2n) is 6.24. The molecule has 0 unspecified atom stereocenters. The zero-order valence-corrected chi connectivity index (χ0v) is 15.1. The molecule has 3 aromatic rings. The lowest BCUT2D eigenvalue weighted by Gasteiger charge is -2.14. The van der Waals surface area contributed by atoms with E-state index in [9.17, 15) is 9.59 Å². The third kappa shape index (κ3) is 5.05. The van der Waals surface area contributed by atoms with Crippen molar-refractivity contribution in [2.75, 3.05) is 0 Å². The molecule has 1 amide bonds. The van der Waals surface area contributed by atoms with Gasteiger partial charge in [0.15, 0.2) is 0 Å². The summed E-state index contributed by atoms with van der Waals surface area (Å²) < 4.78 is 5.27. The van der Waals surface area contributed by atoms with Gasteiger partial charge in [-0.15, -0.1) is 0 Å². The fourth-order valence-electron chi connectivity index (χ4n) is 2.66. The maximum absolute atomic E-state index is 12.5. The summed E-state index contributed by atoms with van der Waals surface area (Å²) in [6.07, 6.45) is 0. The van der Waals surface area contributed by atoms with Crippen LogP contribution in [-0.4, -0.2) is 17.9 Å². The van der Waals surface area contributed by atoms with Gasteiger partial charge in [0.25, 0.3) is 5.91 Å². The van der Waals surface area contributed by atoms with E-state index >= 15 is 0 Å². The number of ether oxygens (including phenoxy) is 1. The highest BCUT2D eigenvalue weighted by molar-refractivity contribution is 5.97. The van der Waals surface area contributed by atoms with E-state index in [0.717, 1.165) is 16.7 Å². The Hall–Kier alpha value is -3.40. The molecule has 0 spiro atoms. The fourth-order valence-corrected chi connectivity index (χ4v) is 2.66. The summed E-state index contributed by atoms with van der Waals surface area (Å²) in [4.78, 5) is 24.6. The van der Waals surface area contributed by atoms with Crippen molar-refractivity contribution in [1.29, 1.82) is 0 Å². The highest BCUT2D eigenvalue weighted by Crippen LogP contribution is 2.20. The van der Waals surface area contributed by atoms with Crippen LogP contribution in [0.3, 0.4) is 0 Å². The molecular formula is C23H21NO3. The topological polar surface area (TPSA) is 55.4 Å². The molecule has 0 aliphatic carbocycles. The van der Waals surface area contributed by atoms with Gasteiger partial charge in [0.2, 0.25) is 0 Å². The second kappa shape index (κ2) is 8.81. The molecule has 4 nitrogen and oxygen atoms in total. The normalized spacial score (nSPS) is 11.4. The Morgan fingerprint density at radius 3 is 2.19 bits per heavy atom. The zero-order valence-electron chi connectivity index (χ0n) is 15.1. The van der Waals surface area contributed by atoms with Crippen molar-refractivity contribution in [2.24, 2.45) is 0 Å².